The Morgan fingerprint density at radius 2 is 2.20 bits per heavy atom. The van der Waals surface area contributed by atoms with Crippen molar-refractivity contribution in [3.63, 3.8) is 0 Å². The van der Waals surface area contributed by atoms with Crippen molar-refractivity contribution in [1.82, 2.24) is 15.5 Å². The van der Waals surface area contributed by atoms with E-state index in [0.29, 0.717) is 13.2 Å². The Morgan fingerprint density at radius 3 is 2.80 bits per heavy atom. The molecule has 7 heteroatoms. The molecule has 80 valence electrons. The van der Waals surface area contributed by atoms with Crippen molar-refractivity contribution in [1.29, 1.82) is 0 Å². The van der Waals surface area contributed by atoms with Crippen LogP contribution in [0.5, 0.6) is 0 Å². The lowest BCUT2D eigenvalue weighted by Crippen LogP contribution is -2.48. The SMILES string of the molecule is O=C(NC1COC1)c1cc(Cl)nnc1Cl. The summed E-state index contributed by atoms with van der Waals surface area (Å²) in [6, 6.07) is 1.42. The van der Waals surface area contributed by atoms with E-state index in [1.807, 2.05) is 0 Å². The van der Waals surface area contributed by atoms with E-state index in [2.05, 4.69) is 15.5 Å². The van der Waals surface area contributed by atoms with E-state index < -0.39 is 0 Å². The van der Waals surface area contributed by atoms with Gasteiger partial charge in [-0.1, -0.05) is 23.2 Å². The van der Waals surface area contributed by atoms with Crippen LogP contribution >= 0.6 is 23.2 Å². The van der Waals surface area contributed by atoms with Gasteiger partial charge in [-0.25, -0.2) is 0 Å². The molecule has 1 fully saturated rings. The number of hydrogen-bond donors (Lipinski definition) is 1. The van der Waals surface area contributed by atoms with Crippen LogP contribution in [0.2, 0.25) is 10.3 Å². The average molecular weight is 248 g/mol. The quantitative estimate of drug-likeness (QED) is 0.844. The monoisotopic (exact) mass is 247 g/mol. The topological polar surface area (TPSA) is 64.1 Å². The molecule has 1 amide bonds. The Balaban J connectivity index is 2.12. The van der Waals surface area contributed by atoms with Crippen molar-refractivity contribution < 1.29 is 9.53 Å². The number of amides is 1. The third-order valence-corrected chi connectivity index (χ3v) is 2.40. The van der Waals surface area contributed by atoms with Crippen LogP contribution in [0.4, 0.5) is 0 Å². The van der Waals surface area contributed by atoms with Crippen molar-refractivity contribution >= 4 is 29.1 Å². The normalized spacial score (nSPS) is 15.9. The molecule has 5 nitrogen and oxygen atoms in total. The molecule has 0 bridgehead atoms. The predicted molar refractivity (Wildman–Crippen MR) is 54.1 cm³/mol. The number of hydrogen-bond acceptors (Lipinski definition) is 4. The molecule has 0 aromatic carbocycles. The summed E-state index contributed by atoms with van der Waals surface area (Å²) in [4.78, 5) is 11.6. The summed E-state index contributed by atoms with van der Waals surface area (Å²) in [6.07, 6.45) is 0. The Morgan fingerprint density at radius 1 is 1.47 bits per heavy atom. The van der Waals surface area contributed by atoms with Gasteiger partial charge in [0, 0.05) is 0 Å². The first-order chi connectivity index (χ1) is 7.16. The number of aromatic nitrogens is 2. The first-order valence-corrected chi connectivity index (χ1v) is 5.00. The fourth-order valence-corrected chi connectivity index (χ4v) is 1.42. The van der Waals surface area contributed by atoms with Crippen LogP contribution in [0.25, 0.3) is 0 Å². The van der Waals surface area contributed by atoms with E-state index in [1.54, 1.807) is 0 Å². The van der Waals surface area contributed by atoms with E-state index in [1.165, 1.54) is 6.07 Å². The Kier molecular flexibility index (Phi) is 3.04. The number of carbonyl (C=O) groups excluding carboxylic acids is 1. The van der Waals surface area contributed by atoms with Crippen LogP contribution in [0.1, 0.15) is 10.4 Å². The number of carbonyl (C=O) groups is 1. The summed E-state index contributed by atoms with van der Waals surface area (Å²) in [6.45, 7) is 1.05. The van der Waals surface area contributed by atoms with Crippen LogP contribution in [-0.4, -0.2) is 35.4 Å². The van der Waals surface area contributed by atoms with Gasteiger partial charge in [-0.2, -0.15) is 0 Å². The standard InChI is InChI=1S/C8H7Cl2N3O2/c9-6-1-5(7(10)13-12-6)8(14)11-4-2-15-3-4/h1,4H,2-3H2,(H,11,14). The highest BCUT2D eigenvalue weighted by Gasteiger charge is 2.22. The second-order valence-corrected chi connectivity index (χ2v) is 3.82. The third-order valence-electron chi connectivity index (χ3n) is 1.94. The lowest BCUT2D eigenvalue weighted by molar-refractivity contribution is -0.00346. The van der Waals surface area contributed by atoms with Crippen molar-refractivity contribution in [2.75, 3.05) is 13.2 Å². The molecule has 0 spiro atoms. The van der Waals surface area contributed by atoms with Crippen LogP contribution in [0, 0.1) is 0 Å². The molecule has 1 aromatic rings. The fourth-order valence-electron chi connectivity index (χ4n) is 1.09. The molecule has 0 atom stereocenters. The van der Waals surface area contributed by atoms with Crippen LogP contribution in [0.3, 0.4) is 0 Å². The van der Waals surface area contributed by atoms with Gasteiger partial charge < -0.3 is 10.1 Å². The van der Waals surface area contributed by atoms with Gasteiger partial charge in [0.25, 0.3) is 5.91 Å². The van der Waals surface area contributed by atoms with E-state index in [0.717, 1.165) is 0 Å². The Hall–Kier alpha value is -0.910. The molecule has 0 aliphatic carbocycles. The Bertz CT molecular complexity index is 395. The van der Waals surface area contributed by atoms with Gasteiger partial charge in [0.2, 0.25) is 0 Å². The highest BCUT2D eigenvalue weighted by Crippen LogP contribution is 2.15. The van der Waals surface area contributed by atoms with Crippen LogP contribution in [0.15, 0.2) is 6.07 Å². The first kappa shape index (κ1) is 10.6. The highest BCUT2D eigenvalue weighted by atomic mass is 35.5. The van der Waals surface area contributed by atoms with E-state index >= 15 is 0 Å². The molecule has 1 N–H and O–H groups in total. The zero-order chi connectivity index (χ0) is 10.8. The van der Waals surface area contributed by atoms with Crippen LogP contribution < -0.4 is 5.32 Å². The minimum atomic E-state index is -0.315. The predicted octanol–water partition coefficient (Wildman–Crippen LogP) is 0.912. The summed E-state index contributed by atoms with van der Waals surface area (Å²) in [5.41, 5.74) is 0.226. The second kappa shape index (κ2) is 4.30. The maximum atomic E-state index is 11.6. The maximum absolute atomic E-state index is 11.6. The minimum absolute atomic E-state index is 0.0390. The lowest BCUT2D eigenvalue weighted by Gasteiger charge is -2.26. The summed E-state index contributed by atoms with van der Waals surface area (Å²) < 4.78 is 4.92. The van der Waals surface area contributed by atoms with Gasteiger partial charge in [-0.05, 0) is 6.07 Å². The van der Waals surface area contributed by atoms with Crippen molar-refractivity contribution in [2.45, 2.75) is 6.04 Å². The largest absolute Gasteiger partial charge is 0.377 e. The van der Waals surface area contributed by atoms with Gasteiger partial charge in [0.1, 0.15) is 0 Å². The molecule has 0 unspecified atom stereocenters. The smallest absolute Gasteiger partial charge is 0.254 e. The van der Waals surface area contributed by atoms with Gasteiger partial charge in [-0.3, -0.25) is 4.79 Å². The summed E-state index contributed by atoms with van der Waals surface area (Å²) >= 11 is 11.3. The number of ether oxygens (including phenoxy) is 1. The molecule has 2 rings (SSSR count). The van der Waals surface area contributed by atoms with Gasteiger partial charge in [0.15, 0.2) is 10.3 Å². The highest BCUT2D eigenvalue weighted by molar-refractivity contribution is 6.34. The van der Waals surface area contributed by atoms with Crippen molar-refractivity contribution in [3.05, 3.63) is 21.9 Å². The van der Waals surface area contributed by atoms with Crippen molar-refractivity contribution in [3.8, 4) is 0 Å². The number of nitrogens with zero attached hydrogens (tertiary/aromatic N) is 2. The molecule has 15 heavy (non-hydrogen) atoms. The molecule has 1 aliphatic heterocycles. The zero-order valence-electron chi connectivity index (χ0n) is 7.54. The fraction of sp³-hybridized carbons (Fsp3) is 0.375. The minimum Gasteiger partial charge on any atom is -0.377 e. The molecule has 0 radical (unpaired) electrons. The molecule has 1 aromatic heterocycles. The summed E-state index contributed by atoms with van der Waals surface area (Å²) in [7, 11) is 0. The molecular formula is C8H7Cl2N3O2. The number of rotatable bonds is 2. The summed E-state index contributed by atoms with van der Waals surface area (Å²) in [5.74, 6) is -0.315. The molecule has 1 saturated heterocycles. The first-order valence-electron chi connectivity index (χ1n) is 4.24. The van der Waals surface area contributed by atoms with Gasteiger partial charge >= 0.3 is 0 Å². The third kappa shape index (κ3) is 2.37. The zero-order valence-corrected chi connectivity index (χ0v) is 9.05. The molecule has 1 aliphatic rings. The van der Waals surface area contributed by atoms with E-state index in [4.69, 9.17) is 27.9 Å². The van der Waals surface area contributed by atoms with Gasteiger partial charge in [-0.15, -0.1) is 10.2 Å². The molecule has 2 heterocycles. The summed E-state index contributed by atoms with van der Waals surface area (Å²) in [5, 5.41) is 9.95. The van der Waals surface area contributed by atoms with Crippen molar-refractivity contribution in [2.24, 2.45) is 0 Å². The van der Waals surface area contributed by atoms with E-state index in [-0.39, 0.29) is 27.8 Å². The van der Waals surface area contributed by atoms with Gasteiger partial charge in [0.05, 0.1) is 24.8 Å². The molecule has 0 saturated carbocycles. The van der Waals surface area contributed by atoms with E-state index in [9.17, 15) is 4.79 Å². The average Bonchev–Trinajstić information content (AvgIpc) is 2.15. The maximum Gasteiger partial charge on any atom is 0.254 e. The Labute approximate surface area is 95.7 Å². The molecular weight excluding hydrogens is 241 g/mol. The number of nitrogens with one attached hydrogen (secondary N) is 1. The lowest BCUT2D eigenvalue weighted by atomic mass is 10.2. The van der Waals surface area contributed by atoms with Crippen LogP contribution in [-0.2, 0) is 4.74 Å². The second-order valence-electron chi connectivity index (χ2n) is 3.08. The number of halogens is 2.